The molecular formula is C15H27NO3. The first-order valence-corrected chi connectivity index (χ1v) is 7.25. The zero-order chi connectivity index (χ0) is 14.6. The molecule has 0 saturated heterocycles. The average Bonchev–Trinajstić information content (AvgIpc) is 2.27. The molecule has 3 unspecified atom stereocenters. The first kappa shape index (κ1) is 16.0. The largest absolute Gasteiger partial charge is 0.444 e. The lowest BCUT2D eigenvalue weighted by Crippen LogP contribution is -2.46. The van der Waals surface area contributed by atoms with Gasteiger partial charge in [0.25, 0.3) is 0 Å². The Morgan fingerprint density at radius 2 is 2.11 bits per heavy atom. The van der Waals surface area contributed by atoms with Crippen LogP contribution in [0.5, 0.6) is 0 Å². The minimum Gasteiger partial charge on any atom is -0.444 e. The molecule has 0 aromatic carbocycles. The highest BCUT2D eigenvalue weighted by atomic mass is 16.6. The average molecular weight is 269 g/mol. The van der Waals surface area contributed by atoms with E-state index < -0.39 is 11.7 Å². The second-order valence-electron chi connectivity index (χ2n) is 6.61. The number of nitrogens with one attached hydrogen (secondary N) is 1. The number of ketones is 1. The number of amides is 1. The molecule has 4 nitrogen and oxygen atoms in total. The Labute approximate surface area is 116 Å². The normalized spacial score (nSPS) is 25.8. The number of carbonyl (C=O) groups is 2. The molecule has 110 valence electrons. The van der Waals surface area contributed by atoms with Gasteiger partial charge in [0.05, 0.1) is 0 Å². The zero-order valence-electron chi connectivity index (χ0n) is 12.8. The molecule has 0 spiro atoms. The molecule has 3 atom stereocenters. The highest BCUT2D eigenvalue weighted by Crippen LogP contribution is 2.29. The van der Waals surface area contributed by atoms with E-state index in [2.05, 4.69) is 12.2 Å². The molecule has 0 radical (unpaired) electrons. The third kappa shape index (κ3) is 5.21. The van der Waals surface area contributed by atoms with Crippen molar-refractivity contribution in [2.75, 3.05) is 0 Å². The van der Waals surface area contributed by atoms with Crippen molar-refractivity contribution in [1.29, 1.82) is 0 Å². The Kier molecular flexibility index (Phi) is 5.39. The smallest absolute Gasteiger partial charge is 0.407 e. The van der Waals surface area contributed by atoms with Crippen molar-refractivity contribution in [1.82, 2.24) is 5.32 Å². The summed E-state index contributed by atoms with van der Waals surface area (Å²) in [6.07, 6.45) is 2.80. The number of Topliss-reactive ketones (excluding diaryl/α,β-unsaturated/α-hetero) is 1. The van der Waals surface area contributed by atoms with E-state index in [0.717, 1.165) is 19.3 Å². The van der Waals surface area contributed by atoms with Gasteiger partial charge in [-0.15, -0.1) is 0 Å². The molecule has 1 aliphatic rings. The maximum atomic E-state index is 12.0. The molecule has 0 aromatic rings. The quantitative estimate of drug-likeness (QED) is 0.855. The maximum absolute atomic E-state index is 12.0. The number of carbonyl (C=O) groups excluding carboxylic acids is 2. The van der Waals surface area contributed by atoms with Crippen molar-refractivity contribution in [3.63, 3.8) is 0 Å². The van der Waals surface area contributed by atoms with E-state index in [-0.39, 0.29) is 17.7 Å². The van der Waals surface area contributed by atoms with Crippen LogP contribution in [0, 0.1) is 11.8 Å². The Morgan fingerprint density at radius 1 is 1.47 bits per heavy atom. The monoisotopic (exact) mass is 269 g/mol. The van der Waals surface area contributed by atoms with Gasteiger partial charge < -0.3 is 10.1 Å². The molecule has 0 aliphatic heterocycles. The lowest BCUT2D eigenvalue weighted by Gasteiger charge is -2.32. The topological polar surface area (TPSA) is 55.4 Å². The van der Waals surface area contributed by atoms with Crippen molar-refractivity contribution in [2.45, 2.75) is 71.9 Å². The summed E-state index contributed by atoms with van der Waals surface area (Å²) in [5.41, 5.74) is -0.508. The van der Waals surface area contributed by atoms with Gasteiger partial charge in [0.15, 0.2) is 0 Å². The van der Waals surface area contributed by atoms with Gasteiger partial charge in [0.1, 0.15) is 11.4 Å². The van der Waals surface area contributed by atoms with E-state index in [1.807, 2.05) is 27.7 Å². The van der Waals surface area contributed by atoms with Gasteiger partial charge in [0.2, 0.25) is 0 Å². The van der Waals surface area contributed by atoms with Crippen LogP contribution in [0.25, 0.3) is 0 Å². The van der Waals surface area contributed by atoms with E-state index in [1.54, 1.807) is 0 Å². The summed E-state index contributed by atoms with van der Waals surface area (Å²) in [4.78, 5) is 23.8. The second kappa shape index (κ2) is 6.40. The lowest BCUT2D eigenvalue weighted by molar-refractivity contribution is -0.126. The lowest BCUT2D eigenvalue weighted by atomic mass is 9.77. The van der Waals surface area contributed by atoms with Crippen LogP contribution in [0.1, 0.15) is 60.3 Å². The minimum atomic E-state index is -0.508. The van der Waals surface area contributed by atoms with Crippen molar-refractivity contribution >= 4 is 11.9 Å². The van der Waals surface area contributed by atoms with Crippen LogP contribution in [0.4, 0.5) is 4.79 Å². The molecule has 1 rings (SSSR count). The predicted molar refractivity (Wildman–Crippen MR) is 75.0 cm³/mol. The van der Waals surface area contributed by atoms with Crippen LogP contribution in [-0.4, -0.2) is 23.5 Å². The summed E-state index contributed by atoms with van der Waals surface area (Å²) in [6, 6.07) is -0.106. The highest BCUT2D eigenvalue weighted by Gasteiger charge is 2.33. The number of ether oxygens (including phenoxy) is 1. The summed E-state index contributed by atoms with van der Waals surface area (Å²) in [7, 11) is 0. The van der Waals surface area contributed by atoms with Gasteiger partial charge in [-0.25, -0.2) is 4.79 Å². The highest BCUT2D eigenvalue weighted by molar-refractivity contribution is 5.83. The molecule has 4 heteroatoms. The first-order valence-electron chi connectivity index (χ1n) is 7.25. The number of rotatable bonds is 3. The summed E-state index contributed by atoms with van der Waals surface area (Å²) in [5.74, 6) is 0.777. The van der Waals surface area contributed by atoms with E-state index in [0.29, 0.717) is 12.3 Å². The van der Waals surface area contributed by atoms with Crippen LogP contribution in [0.2, 0.25) is 0 Å². The SMILES string of the molecule is CCC(NC(=O)OC(C)(C)C)C1CC(C)CCC1=O. The van der Waals surface area contributed by atoms with E-state index in [9.17, 15) is 9.59 Å². The van der Waals surface area contributed by atoms with Crippen molar-refractivity contribution in [3.05, 3.63) is 0 Å². The van der Waals surface area contributed by atoms with Gasteiger partial charge in [0, 0.05) is 18.4 Å². The molecule has 1 amide bonds. The van der Waals surface area contributed by atoms with Gasteiger partial charge >= 0.3 is 6.09 Å². The molecule has 0 bridgehead atoms. The van der Waals surface area contributed by atoms with E-state index >= 15 is 0 Å². The fraction of sp³-hybridized carbons (Fsp3) is 0.867. The van der Waals surface area contributed by atoms with Gasteiger partial charge in [-0.2, -0.15) is 0 Å². The molecule has 0 aromatic heterocycles. The van der Waals surface area contributed by atoms with Gasteiger partial charge in [-0.1, -0.05) is 13.8 Å². The van der Waals surface area contributed by atoms with E-state index in [4.69, 9.17) is 4.74 Å². The molecule has 0 heterocycles. The van der Waals surface area contributed by atoms with Crippen molar-refractivity contribution < 1.29 is 14.3 Å². The summed E-state index contributed by atoms with van der Waals surface area (Å²) in [5, 5.41) is 2.86. The molecular weight excluding hydrogens is 242 g/mol. The van der Waals surface area contributed by atoms with Gasteiger partial charge in [-0.3, -0.25) is 4.79 Å². The summed E-state index contributed by atoms with van der Waals surface area (Å²) < 4.78 is 5.26. The van der Waals surface area contributed by atoms with Crippen LogP contribution in [0.3, 0.4) is 0 Å². The Hall–Kier alpha value is -1.06. The minimum absolute atomic E-state index is 0.0544. The number of hydrogen-bond donors (Lipinski definition) is 1. The number of hydrogen-bond acceptors (Lipinski definition) is 3. The molecule has 19 heavy (non-hydrogen) atoms. The Morgan fingerprint density at radius 3 is 2.63 bits per heavy atom. The molecule has 1 fully saturated rings. The zero-order valence-corrected chi connectivity index (χ0v) is 12.8. The van der Waals surface area contributed by atoms with Gasteiger partial charge in [-0.05, 0) is 46.0 Å². The third-order valence-corrected chi connectivity index (χ3v) is 3.58. The first-order chi connectivity index (χ1) is 8.73. The number of alkyl carbamates (subject to hydrolysis) is 1. The van der Waals surface area contributed by atoms with Crippen molar-refractivity contribution in [2.24, 2.45) is 11.8 Å². The predicted octanol–water partition coefficient (Wildman–Crippen LogP) is 3.30. The van der Waals surface area contributed by atoms with Crippen LogP contribution >= 0.6 is 0 Å². The van der Waals surface area contributed by atoms with Crippen LogP contribution in [-0.2, 0) is 9.53 Å². The van der Waals surface area contributed by atoms with Crippen LogP contribution < -0.4 is 5.32 Å². The fourth-order valence-electron chi connectivity index (χ4n) is 2.59. The molecule has 1 saturated carbocycles. The Bertz CT molecular complexity index is 333. The summed E-state index contributed by atoms with van der Waals surface area (Å²) >= 11 is 0. The maximum Gasteiger partial charge on any atom is 0.407 e. The van der Waals surface area contributed by atoms with Crippen LogP contribution in [0.15, 0.2) is 0 Å². The standard InChI is InChI=1S/C15H27NO3/c1-6-12(16-14(18)19-15(3,4)5)11-9-10(2)7-8-13(11)17/h10-12H,6-9H2,1-5H3,(H,16,18). The fourth-order valence-corrected chi connectivity index (χ4v) is 2.59. The third-order valence-electron chi connectivity index (χ3n) is 3.58. The molecule has 1 aliphatic carbocycles. The van der Waals surface area contributed by atoms with Crippen molar-refractivity contribution in [3.8, 4) is 0 Å². The Balaban J connectivity index is 2.62. The summed E-state index contributed by atoms with van der Waals surface area (Å²) in [6.45, 7) is 9.67. The second-order valence-corrected chi connectivity index (χ2v) is 6.61. The molecule has 1 N–H and O–H groups in total. The van der Waals surface area contributed by atoms with E-state index in [1.165, 1.54) is 0 Å².